The number of rotatable bonds is 4. The molecule has 1 aromatic heterocycles. The highest BCUT2D eigenvalue weighted by atomic mass is 19.1. The van der Waals surface area contributed by atoms with E-state index in [2.05, 4.69) is 22.7 Å². The van der Waals surface area contributed by atoms with Crippen LogP contribution in [0.2, 0.25) is 0 Å². The molecule has 0 radical (unpaired) electrons. The number of hydrogen-bond donors (Lipinski definition) is 2. The minimum atomic E-state index is -0.292. The summed E-state index contributed by atoms with van der Waals surface area (Å²) in [5.74, 6) is -0.267. The molecule has 1 saturated heterocycles. The van der Waals surface area contributed by atoms with Gasteiger partial charge in [0.15, 0.2) is 0 Å². The summed E-state index contributed by atoms with van der Waals surface area (Å²) in [4.78, 5) is 12.8. The minimum absolute atomic E-state index is 0.0869. The Labute approximate surface area is 147 Å². The normalized spacial score (nSPS) is 20.7. The highest BCUT2D eigenvalue weighted by Crippen LogP contribution is 2.23. The summed E-state index contributed by atoms with van der Waals surface area (Å²) in [5.41, 5.74) is 2.18. The molecule has 1 aliphatic heterocycles. The molecule has 0 bridgehead atoms. The highest BCUT2D eigenvalue weighted by Gasteiger charge is 2.25. The Bertz CT molecular complexity index is 738. The molecule has 1 aliphatic rings. The highest BCUT2D eigenvalue weighted by molar-refractivity contribution is 5.95. The van der Waals surface area contributed by atoms with Gasteiger partial charge in [0.1, 0.15) is 5.82 Å². The van der Waals surface area contributed by atoms with Gasteiger partial charge in [-0.3, -0.25) is 4.79 Å². The third-order valence-corrected chi connectivity index (χ3v) is 4.63. The predicted octanol–water partition coefficient (Wildman–Crippen LogP) is 3.01. The Morgan fingerprint density at radius 2 is 2.08 bits per heavy atom. The zero-order valence-corrected chi connectivity index (χ0v) is 14.9. The molecule has 1 amide bonds. The molecule has 6 heteroatoms. The van der Waals surface area contributed by atoms with Gasteiger partial charge in [-0.2, -0.15) is 5.10 Å². The summed E-state index contributed by atoms with van der Waals surface area (Å²) in [6.45, 7) is 7.10. The van der Waals surface area contributed by atoms with Gasteiger partial charge < -0.3 is 10.6 Å². The molecule has 1 fully saturated rings. The van der Waals surface area contributed by atoms with Gasteiger partial charge in [-0.05, 0) is 56.5 Å². The summed E-state index contributed by atoms with van der Waals surface area (Å²) in [6.07, 6.45) is 3.46. The largest absolute Gasteiger partial charge is 0.349 e. The fourth-order valence-corrected chi connectivity index (χ4v) is 3.40. The van der Waals surface area contributed by atoms with Gasteiger partial charge in [0, 0.05) is 12.1 Å². The summed E-state index contributed by atoms with van der Waals surface area (Å²) in [6, 6.07) is 6.73. The molecule has 2 heterocycles. The molecule has 5 nitrogen and oxygen atoms in total. The lowest BCUT2D eigenvalue weighted by molar-refractivity contribution is 0.0924. The van der Waals surface area contributed by atoms with Crippen LogP contribution in [-0.4, -0.2) is 34.3 Å². The Balaban J connectivity index is 1.86. The van der Waals surface area contributed by atoms with Crippen LogP contribution >= 0.6 is 0 Å². The maximum atomic E-state index is 13.2. The molecule has 2 aromatic rings. The van der Waals surface area contributed by atoms with E-state index in [4.69, 9.17) is 0 Å². The van der Waals surface area contributed by atoms with Gasteiger partial charge >= 0.3 is 0 Å². The molecular formula is C19H25FN4O. The Kier molecular flexibility index (Phi) is 5.18. The number of benzene rings is 1. The molecule has 25 heavy (non-hydrogen) atoms. The molecule has 2 atom stereocenters. The van der Waals surface area contributed by atoms with E-state index in [0.29, 0.717) is 11.6 Å². The van der Waals surface area contributed by atoms with Gasteiger partial charge in [0.05, 0.1) is 23.1 Å². The van der Waals surface area contributed by atoms with Crippen LogP contribution in [0.3, 0.4) is 0 Å². The first-order valence-corrected chi connectivity index (χ1v) is 8.83. The number of carbonyl (C=O) groups is 1. The number of carbonyl (C=O) groups excluding carboxylic acids is 1. The Morgan fingerprint density at radius 1 is 1.36 bits per heavy atom. The number of nitrogens with one attached hydrogen (secondary N) is 2. The number of piperidine rings is 1. The molecular weight excluding hydrogens is 319 g/mol. The third kappa shape index (κ3) is 3.90. The molecule has 0 aliphatic carbocycles. The van der Waals surface area contributed by atoms with Crippen LogP contribution in [0.1, 0.15) is 55.6 Å². The molecule has 3 rings (SSSR count). The first kappa shape index (κ1) is 17.6. The van der Waals surface area contributed by atoms with Crippen LogP contribution in [0.5, 0.6) is 0 Å². The van der Waals surface area contributed by atoms with Crippen molar-refractivity contribution in [3.8, 4) is 5.69 Å². The summed E-state index contributed by atoms with van der Waals surface area (Å²) in [7, 11) is 0. The van der Waals surface area contributed by atoms with Crippen molar-refractivity contribution >= 4 is 5.91 Å². The van der Waals surface area contributed by atoms with Crippen molar-refractivity contribution in [2.75, 3.05) is 6.54 Å². The minimum Gasteiger partial charge on any atom is -0.349 e. The van der Waals surface area contributed by atoms with E-state index < -0.39 is 0 Å². The number of nitrogens with zero attached hydrogens (tertiary/aromatic N) is 2. The van der Waals surface area contributed by atoms with Crippen molar-refractivity contribution in [1.29, 1.82) is 0 Å². The monoisotopic (exact) mass is 344 g/mol. The second-order valence-electron chi connectivity index (χ2n) is 7.04. The van der Waals surface area contributed by atoms with Crippen LogP contribution in [0.15, 0.2) is 30.5 Å². The Morgan fingerprint density at radius 3 is 2.72 bits per heavy atom. The maximum absolute atomic E-state index is 13.2. The fourth-order valence-electron chi connectivity index (χ4n) is 3.40. The molecule has 0 spiro atoms. The topological polar surface area (TPSA) is 59.0 Å². The van der Waals surface area contributed by atoms with E-state index in [1.165, 1.54) is 12.1 Å². The Hall–Kier alpha value is -2.21. The van der Waals surface area contributed by atoms with Gasteiger partial charge in [0.25, 0.3) is 5.91 Å². The second kappa shape index (κ2) is 7.35. The van der Waals surface area contributed by atoms with Crippen LogP contribution in [0.4, 0.5) is 4.39 Å². The number of aromatic nitrogens is 2. The van der Waals surface area contributed by atoms with Crippen molar-refractivity contribution in [2.24, 2.45) is 0 Å². The summed E-state index contributed by atoms with van der Waals surface area (Å²) in [5, 5.41) is 10.9. The zero-order chi connectivity index (χ0) is 18.0. The third-order valence-electron chi connectivity index (χ3n) is 4.63. The van der Waals surface area contributed by atoms with Crippen LogP contribution < -0.4 is 10.6 Å². The van der Waals surface area contributed by atoms with Crippen molar-refractivity contribution in [3.05, 3.63) is 47.5 Å². The number of amides is 1. The van der Waals surface area contributed by atoms with Crippen molar-refractivity contribution in [3.63, 3.8) is 0 Å². The molecule has 0 saturated carbocycles. The predicted molar refractivity (Wildman–Crippen MR) is 95.6 cm³/mol. The molecule has 2 unspecified atom stereocenters. The second-order valence-corrected chi connectivity index (χ2v) is 7.04. The first-order chi connectivity index (χ1) is 12.0. The van der Waals surface area contributed by atoms with E-state index >= 15 is 0 Å². The quantitative estimate of drug-likeness (QED) is 0.896. The lowest BCUT2D eigenvalue weighted by Crippen LogP contribution is -2.46. The zero-order valence-electron chi connectivity index (χ0n) is 14.9. The van der Waals surface area contributed by atoms with E-state index in [0.717, 1.165) is 30.8 Å². The summed E-state index contributed by atoms with van der Waals surface area (Å²) >= 11 is 0. The van der Waals surface area contributed by atoms with E-state index in [1.54, 1.807) is 23.0 Å². The lowest BCUT2D eigenvalue weighted by atomic mass is 9.99. The van der Waals surface area contributed by atoms with Crippen LogP contribution in [0, 0.1) is 5.82 Å². The lowest BCUT2D eigenvalue weighted by Gasteiger charge is -2.28. The van der Waals surface area contributed by atoms with Crippen LogP contribution in [0.25, 0.3) is 5.69 Å². The van der Waals surface area contributed by atoms with Crippen LogP contribution in [-0.2, 0) is 0 Å². The number of hydrogen-bond acceptors (Lipinski definition) is 3. The molecule has 2 N–H and O–H groups in total. The number of halogens is 1. The first-order valence-electron chi connectivity index (χ1n) is 8.83. The van der Waals surface area contributed by atoms with E-state index in [-0.39, 0.29) is 23.7 Å². The van der Waals surface area contributed by atoms with Crippen molar-refractivity contribution in [1.82, 2.24) is 20.4 Å². The van der Waals surface area contributed by atoms with E-state index in [9.17, 15) is 9.18 Å². The summed E-state index contributed by atoms with van der Waals surface area (Å²) < 4.78 is 14.9. The smallest absolute Gasteiger partial charge is 0.255 e. The maximum Gasteiger partial charge on any atom is 0.255 e. The standard InChI is InChI=1S/C19H25FN4O/c1-12(2)18-17(19(25)23-15-8-9-21-13(3)10-15)11-22-24(18)16-6-4-14(20)5-7-16/h4-7,11-13,15,21H,8-10H2,1-3H3,(H,23,25). The van der Waals surface area contributed by atoms with Crippen molar-refractivity contribution in [2.45, 2.75) is 51.6 Å². The SMILES string of the molecule is CC1CC(NC(=O)c2cnn(-c3ccc(F)cc3)c2C(C)C)CCN1. The van der Waals surface area contributed by atoms with Gasteiger partial charge in [-0.15, -0.1) is 0 Å². The fraction of sp³-hybridized carbons (Fsp3) is 0.474. The molecule has 1 aromatic carbocycles. The van der Waals surface area contributed by atoms with Crippen molar-refractivity contribution < 1.29 is 9.18 Å². The average Bonchev–Trinajstić information content (AvgIpc) is 3.01. The van der Waals surface area contributed by atoms with Gasteiger partial charge in [-0.25, -0.2) is 9.07 Å². The van der Waals surface area contributed by atoms with Gasteiger partial charge in [-0.1, -0.05) is 13.8 Å². The average molecular weight is 344 g/mol. The molecule has 134 valence electrons. The van der Waals surface area contributed by atoms with Gasteiger partial charge in [0.2, 0.25) is 0 Å². The van der Waals surface area contributed by atoms with E-state index in [1.807, 2.05) is 13.8 Å².